The van der Waals surface area contributed by atoms with E-state index in [0.717, 1.165) is 0 Å². The molecule has 0 saturated carbocycles. The van der Waals surface area contributed by atoms with Crippen LogP contribution in [0.4, 0.5) is 0 Å². The van der Waals surface area contributed by atoms with Crippen LogP contribution in [0.2, 0.25) is 0 Å². The van der Waals surface area contributed by atoms with E-state index >= 15 is 0 Å². The Bertz CT molecular complexity index is 2810. The van der Waals surface area contributed by atoms with Gasteiger partial charge >= 0.3 is 0 Å². The maximum absolute atomic E-state index is 5.86. The van der Waals surface area contributed by atoms with Crippen LogP contribution in [0.15, 0.2) is 133 Å². The minimum Gasteiger partial charge on any atom is -0.356 e. The molecule has 0 N–H and O–H groups in total. The topological polar surface area (TPSA) is 9.23 Å². The molecule has 0 atom stereocenters. The lowest BCUT2D eigenvalue weighted by Crippen LogP contribution is -1.94. The molecule has 0 aliphatic carbocycles. The molecule has 0 aromatic heterocycles. The summed E-state index contributed by atoms with van der Waals surface area (Å²) in [5, 5.41) is 20.9. The predicted octanol–water partition coefficient (Wildman–Crippen LogP) is 11.6. The van der Waals surface area contributed by atoms with Crippen molar-refractivity contribution in [2.45, 2.75) is 12.8 Å². The molecule has 0 unspecified atom stereocenters. The minimum absolute atomic E-state index is 0.366. The summed E-state index contributed by atoms with van der Waals surface area (Å²) in [5.74, 6) is 13.3. The van der Waals surface area contributed by atoms with Gasteiger partial charge in [-0.1, -0.05) is 157 Å². The van der Waals surface area contributed by atoms with Crippen molar-refractivity contribution >= 4 is 86.2 Å². The second kappa shape index (κ2) is 11.2. The number of rotatable bonds is 4. The third kappa shape index (κ3) is 4.34. The molecule has 0 amide bonds. The van der Waals surface area contributed by atoms with Gasteiger partial charge in [-0.2, -0.15) is 0 Å². The Hall–Kier alpha value is -6.12. The van der Waals surface area contributed by atoms with E-state index in [0.29, 0.717) is 26.1 Å². The van der Waals surface area contributed by atoms with Crippen molar-refractivity contribution in [2.75, 3.05) is 13.2 Å². The molecule has 0 radical (unpaired) electrons. The van der Waals surface area contributed by atoms with Crippen LogP contribution < -0.4 is 0 Å². The largest absolute Gasteiger partial charge is 0.356 e. The fourth-order valence-electron chi connectivity index (χ4n) is 8.32. The molecule has 228 valence electrons. The Kier molecular flexibility index (Phi) is 6.41. The maximum Gasteiger partial charge on any atom is 0.109 e. The van der Waals surface area contributed by atoms with Gasteiger partial charge in [-0.3, -0.25) is 0 Å². The molecular weight excluding hydrogens is 593 g/mol. The summed E-state index contributed by atoms with van der Waals surface area (Å²) in [6.07, 6.45) is 1.35. The summed E-state index contributed by atoms with van der Waals surface area (Å²) in [4.78, 5) is 0. The summed E-state index contributed by atoms with van der Waals surface area (Å²) in [7, 11) is 0. The molecule has 0 bridgehead atoms. The van der Waals surface area contributed by atoms with Gasteiger partial charge in [0.1, 0.15) is 13.2 Å². The lowest BCUT2D eigenvalue weighted by molar-refractivity contribution is 0.204. The van der Waals surface area contributed by atoms with Gasteiger partial charge in [0.05, 0.1) is 0 Å². The van der Waals surface area contributed by atoms with Crippen LogP contribution >= 0.6 is 0 Å². The lowest BCUT2D eigenvalue weighted by Gasteiger charge is -2.16. The van der Waals surface area contributed by atoms with E-state index in [9.17, 15) is 0 Å². The number of hydrogen-bond donors (Lipinski definition) is 0. The SMILES string of the molecule is C(#CCc1ccc2cccc3c4cccc5cccc(c1c23)c54)COCC#CCc1ccc2cccc3c4cccc5cccc(c1c23)c54. The Morgan fingerprint density at radius 2 is 0.653 bits per heavy atom. The van der Waals surface area contributed by atoms with Crippen LogP contribution in [0, 0.1) is 23.7 Å². The van der Waals surface area contributed by atoms with E-state index in [4.69, 9.17) is 4.74 Å². The van der Waals surface area contributed by atoms with Crippen LogP contribution in [-0.2, 0) is 17.6 Å². The average molecular weight is 623 g/mol. The summed E-state index contributed by atoms with van der Waals surface area (Å²) in [5.41, 5.74) is 2.52. The van der Waals surface area contributed by atoms with Crippen molar-refractivity contribution in [1.29, 1.82) is 0 Å². The van der Waals surface area contributed by atoms with Gasteiger partial charge in [0.2, 0.25) is 0 Å². The second-order valence-electron chi connectivity index (χ2n) is 13.0. The summed E-state index contributed by atoms with van der Waals surface area (Å²) >= 11 is 0. The van der Waals surface area contributed by atoms with E-state index in [2.05, 4.69) is 157 Å². The summed E-state index contributed by atoms with van der Waals surface area (Å²) in [6.45, 7) is 0.731. The first kappa shape index (κ1) is 27.9. The molecule has 1 nitrogen and oxygen atoms in total. The minimum atomic E-state index is 0.366. The van der Waals surface area contributed by atoms with Crippen LogP contribution in [0.3, 0.4) is 0 Å². The molecule has 0 saturated heterocycles. The van der Waals surface area contributed by atoms with Gasteiger partial charge < -0.3 is 4.74 Å². The van der Waals surface area contributed by atoms with Crippen molar-refractivity contribution in [1.82, 2.24) is 0 Å². The molecule has 0 aliphatic rings. The van der Waals surface area contributed by atoms with E-state index < -0.39 is 0 Å². The van der Waals surface area contributed by atoms with Crippen molar-refractivity contribution < 1.29 is 4.74 Å². The third-order valence-electron chi connectivity index (χ3n) is 10.3. The highest BCUT2D eigenvalue weighted by atomic mass is 16.5. The molecule has 0 fully saturated rings. The first-order valence-corrected chi connectivity index (χ1v) is 17.0. The van der Waals surface area contributed by atoms with Gasteiger partial charge in [0.15, 0.2) is 0 Å². The molecule has 1 heteroatoms. The number of fused-ring (bicyclic) bond motifs is 4. The maximum atomic E-state index is 5.86. The zero-order valence-electron chi connectivity index (χ0n) is 26.9. The van der Waals surface area contributed by atoms with Gasteiger partial charge in [-0.15, -0.1) is 0 Å². The zero-order valence-corrected chi connectivity index (χ0v) is 26.9. The Morgan fingerprint density at radius 1 is 0.306 bits per heavy atom. The first-order chi connectivity index (χ1) is 24.3. The predicted molar refractivity (Wildman–Crippen MR) is 209 cm³/mol. The van der Waals surface area contributed by atoms with Crippen LogP contribution in [0.5, 0.6) is 0 Å². The fourth-order valence-corrected chi connectivity index (χ4v) is 8.32. The van der Waals surface area contributed by atoms with Crippen LogP contribution in [0.1, 0.15) is 11.1 Å². The summed E-state index contributed by atoms with van der Waals surface area (Å²) in [6, 6.07) is 48.8. The van der Waals surface area contributed by atoms with E-state index in [-0.39, 0.29) is 0 Å². The standard InChI is InChI=1S/C48H30O/c1(11-33-25-27-35-17-7-21-39-37-19-5-13-31-15-9-23-41(43(31)37)47(33)45(35)39)3-29-49-30-4-2-12-34-26-28-36-18-8-22-40-38-20-6-14-32-16-10-24-42(44(32)38)48(34)46(36)40/h5-10,13-28H,11-12,29-30H2. The molecule has 0 heterocycles. The Labute approximate surface area is 284 Å². The Morgan fingerprint density at radius 3 is 1.06 bits per heavy atom. The fraction of sp³-hybridized carbons (Fsp3) is 0.0833. The molecule has 10 aromatic carbocycles. The molecule has 0 spiro atoms. The number of hydrogen-bond acceptors (Lipinski definition) is 1. The van der Waals surface area contributed by atoms with E-state index in [1.807, 2.05) is 0 Å². The van der Waals surface area contributed by atoms with Crippen molar-refractivity contribution in [3.63, 3.8) is 0 Å². The number of ether oxygens (including phenoxy) is 1. The normalized spacial score (nSPS) is 11.8. The average Bonchev–Trinajstić information content (AvgIpc) is 3.15. The van der Waals surface area contributed by atoms with Crippen molar-refractivity contribution in [3.05, 3.63) is 145 Å². The van der Waals surface area contributed by atoms with Gasteiger partial charge in [0, 0.05) is 12.8 Å². The van der Waals surface area contributed by atoms with E-state index in [1.54, 1.807) is 0 Å². The van der Waals surface area contributed by atoms with Gasteiger partial charge in [-0.25, -0.2) is 0 Å². The number of benzene rings is 10. The van der Waals surface area contributed by atoms with Crippen LogP contribution in [0.25, 0.3) is 86.2 Å². The third-order valence-corrected chi connectivity index (χ3v) is 10.3. The summed E-state index contributed by atoms with van der Waals surface area (Å²) < 4.78 is 5.86. The quantitative estimate of drug-likeness (QED) is 0.0821. The molecule has 49 heavy (non-hydrogen) atoms. The lowest BCUT2D eigenvalue weighted by atomic mass is 9.87. The smallest absolute Gasteiger partial charge is 0.109 e. The second-order valence-corrected chi connectivity index (χ2v) is 13.0. The Balaban J connectivity index is 0.892. The molecule has 10 aromatic rings. The van der Waals surface area contributed by atoms with Gasteiger partial charge in [-0.05, 0) is 97.3 Å². The zero-order chi connectivity index (χ0) is 32.3. The molecule has 10 rings (SSSR count). The molecular formula is C48H30O. The van der Waals surface area contributed by atoms with Crippen molar-refractivity contribution in [2.24, 2.45) is 0 Å². The van der Waals surface area contributed by atoms with E-state index in [1.165, 1.54) is 97.3 Å². The van der Waals surface area contributed by atoms with Gasteiger partial charge in [0.25, 0.3) is 0 Å². The molecule has 0 aliphatic heterocycles. The first-order valence-electron chi connectivity index (χ1n) is 17.0. The monoisotopic (exact) mass is 622 g/mol. The van der Waals surface area contributed by atoms with Crippen LogP contribution in [-0.4, -0.2) is 13.2 Å². The highest BCUT2D eigenvalue weighted by Crippen LogP contribution is 2.43. The van der Waals surface area contributed by atoms with Crippen molar-refractivity contribution in [3.8, 4) is 23.7 Å². The highest BCUT2D eigenvalue weighted by molar-refractivity contribution is 6.34. The highest BCUT2D eigenvalue weighted by Gasteiger charge is 2.16.